The summed E-state index contributed by atoms with van der Waals surface area (Å²) in [5, 5.41) is 0.427. The van der Waals surface area contributed by atoms with E-state index in [1.165, 1.54) is 18.2 Å². The maximum absolute atomic E-state index is 14.4. The van der Waals surface area contributed by atoms with E-state index >= 15 is 0 Å². The molecule has 3 aromatic rings. The number of nitrogens with two attached hydrogens (primary N) is 1. The fourth-order valence-electron chi connectivity index (χ4n) is 4.81. The van der Waals surface area contributed by atoms with Crippen molar-refractivity contribution < 1.29 is 27.1 Å². The van der Waals surface area contributed by atoms with Crippen LogP contribution in [0.2, 0.25) is 0 Å². The highest BCUT2D eigenvalue weighted by atomic mass is 19.4. The van der Waals surface area contributed by atoms with Crippen LogP contribution in [0, 0.1) is 5.82 Å². The number of ether oxygens (including phenoxy) is 1. The number of benzene rings is 2. The van der Waals surface area contributed by atoms with E-state index in [0.717, 1.165) is 18.4 Å². The van der Waals surface area contributed by atoms with Crippen molar-refractivity contribution in [3.63, 3.8) is 0 Å². The van der Waals surface area contributed by atoms with Gasteiger partial charge < -0.3 is 19.9 Å². The molecule has 0 bridgehead atoms. The van der Waals surface area contributed by atoms with Crippen molar-refractivity contribution in [1.82, 2.24) is 9.47 Å². The van der Waals surface area contributed by atoms with Gasteiger partial charge in [0.1, 0.15) is 5.82 Å². The Hall–Kier alpha value is -3.07. The molecule has 1 fully saturated rings. The maximum atomic E-state index is 14.4. The number of carbonyl (C=O) groups is 1. The van der Waals surface area contributed by atoms with Gasteiger partial charge >= 0.3 is 6.36 Å². The number of carbonyl (C=O) groups excluding carboxylic acids is 1. The van der Waals surface area contributed by atoms with E-state index in [0.29, 0.717) is 55.5 Å². The molecule has 0 saturated carbocycles. The summed E-state index contributed by atoms with van der Waals surface area (Å²) < 4.78 is 59.4. The Morgan fingerprint density at radius 2 is 1.91 bits per heavy atom. The second-order valence-electron chi connectivity index (χ2n) is 8.92. The fraction of sp³-hybridized carbons (Fsp3) is 0.423. The Balaban J connectivity index is 1.59. The molecule has 2 heterocycles. The van der Waals surface area contributed by atoms with Crippen molar-refractivity contribution in [2.45, 2.75) is 58.0 Å². The summed E-state index contributed by atoms with van der Waals surface area (Å²) in [4.78, 5) is 15.2. The second kappa shape index (κ2) is 10.3. The molecule has 5 nitrogen and oxygen atoms in total. The van der Waals surface area contributed by atoms with Crippen molar-refractivity contribution in [1.29, 1.82) is 0 Å². The highest BCUT2D eigenvalue weighted by Crippen LogP contribution is 2.36. The van der Waals surface area contributed by atoms with Gasteiger partial charge in [-0.15, -0.1) is 13.2 Å². The molecule has 0 radical (unpaired) electrons. The van der Waals surface area contributed by atoms with E-state index in [1.807, 2.05) is 6.92 Å². The lowest BCUT2D eigenvalue weighted by molar-refractivity contribution is -0.274. The monoisotopic (exact) mass is 491 g/mol. The number of halogens is 4. The second-order valence-corrected chi connectivity index (χ2v) is 8.92. The van der Waals surface area contributed by atoms with Crippen LogP contribution in [0.3, 0.4) is 0 Å². The zero-order chi connectivity index (χ0) is 25.2. The van der Waals surface area contributed by atoms with Crippen molar-refractivity contribution in [3.8, 4) is 5.75 Å². The lowest BCUT2D eigenvalue weighted by Crippen LogP contribution is -2.38. The first-order valence-electron chi connectivity index (χ1n) is 11.9. The number of unbranched alkanes of at least 4 members (excludes halogenated alkanes) is 1. The topological polar surface area (TPSA) is 60.5 Å². The summed E-state index contributed by atoms with van der Waals surface area (Å²) in [6.45, 7) is 3.64. The summed E-state index contributed by atoms with van der Waals surface area (Å²) in [6, 6.07) is 9.27. The van der Waals surface area contributed by atoms with Crippen LogP contribution in [0.1, 0.15) is 60.0 Å². The number of alkyl halides is 3. The quantitative estimate of drug-likeness (QED) is 0.415. The van der Waals surface area contributed by atoms with Crippen molar-refractivity contribution in [2.24, 2.45) is 5.73 Å². The molecule has 0 unspecified atom stereocenters. The Bertz CT molecular complexity index is 1200. The predicted octanol–water partition coefficient (Wildman–Crippen LogP) is 5.96. The van der Waals surface area contributed by atoms with Crippen molar-refractivity contribution in [3.05, 3.63) is 65.1 Å². The van der Waals surface area contributed by atoms with Crippen molar-refractivity contribution >= 4 is 16.8 Å². The average Bonchev–Trinajstić information content (AvgIpc) is 3.21. The smallest absolute Gasteiger partial charge is 0.404 e. The number of rotatable bonds is 7. The van der Waals surface area contributed by atoms with Gasteiger partial charge in [-0.1, -0.05) is 37.6 Å². The summed E-state index contributed by atoms with van der Waals surface area (Å²) in [6.07, 6.45) is -0.433. The van der Waals surface area contributed by atoms with Gasteiger partial charge in [-0.3, -0.25) is 4.79 Å². The number of hydrogen-bond donors (Lipinski definition) is 1. The van der Waals surface area contributed by atoms with Crippen LogP contribution in [0.4, 0.5) is 17.6 Å². The van der Waals surface area contributed by atoms with Gasteiger partial charge in [0.05, 0.1) is 11.1 Å². The summed E-state index contributed by atoms with van der Waals surface area (Å²) >= 11 is 0. The molecule has 0 atom stereocenters. The SMILES string of the molecule is CCCCn1cc(C(=O)N2CCC(c3cc(CN)ccc3F)CC2)c2cccc(OC(F)(F)F)c21. The first kappa shape index (κ1) is 25.0. The summed E-state index contributed by atoms with van der Waals surface area (Å²) in [7, 11) is 0. The van der Waals surface area contributed by atoms with Crippen molar-refractivity contribution in [2.75, 3.05) is 13.1 Å². The fourth-order valence-corrected chi connectivity index (χ4v) is 4.81. The Labute approximate surface area is 201 Å². The number of fused-ring (bicyclic) bond motifs is 1. The number of nitrogens with zero attached hydrogens (tertiary/aromatic N) is 2. The van der Waals surface area contributed by atoms with Crippen LogP contribution in [-0.2, 0) is 13.1 Å². The molecule has 188 valence electrons. The highest BCUT2D eigenvalue weighted by molar-refractivity contribution is 6.08. The van der Waals surface area contributed by atoms with E-state index in [4.69, 9.17) is 5.73 Å². The number of amides is 1. The van der Waals surface area contributed by atoms with Gasteiger partial charge in [-0.05, 0) is 48.4 Å². The number of piperidine rings is 1. The Morgan fingerprint density at radius 1 is 1.17 bits per heavy atom. The number of aryl methyl sites for hydroxylation is 1. The first-order valence-corrected chi connectivity index (χ1v) is 11.9. The molecular weight excluding hydrogens is 462 g/mol. The number of likely N-dealkylation sites (tertiary alicyclic amines) is 1. The minimum atomic E-state index is -4.84. The summed E-state index contributed by atoms with van der Waals surface area (Å²) in [5.74, 6) is -0.866. The van der Waals surface area contributed by atoms with Crippen LogP contribution in [0.15, 0.2) is 42.6 Å². The van der Waals surface area contributed by atoms with Gasteiger partial charge in [-0.2, -0.15) is 0 Å². The van der Waals surface area contributed by atoms with Crippen LogP contribution in [0.25, 0.3) is 10.9 Å². The van der Waals surface area contributed by atoms with Crippen LogP contribution in [0.5, 0.6) is 5.75 Å². The first-order chi connectivity index (χ1) is 16.7. The molecule has 1 aromatic heterocycles. The van der Waals surface area contributed by atoms with Crippen LogP contribution in [-0.4, -0.2) is 34.8 Å². The van der Waals surface area contributed by atoms with Gasteiger partial charge in [0, 0.05) is 37.8 Å². The number of hydrogen-bond acceptors (Lipinski definition) is 3. The Kier molecular flexibility index (Phi) is 7.35. The number of para-hydroxylation sites is 1. The molecule has 35 heavy (non-hydrogen) atoms. The van der Waals surface area contributed by atoms with Crippen LogP contribution < -0.4 is 10.5 Å². The van der Waals surface area contributed by atoms with E-state index in [1.54, 1.807) is 33.9 Å². The molecule has 1 aliphatic heterocycles. The maximum Gasteiger partial charge on any atom is 0.573 e. The van der Waals surface area contributed by atoms with Gasteiger partial charge in [0.2, 0.25) is 0 Å². The lowest BCUT2D eigenvalue weighted by Gasteiger charge is -2.32. The van der Waals surface area contributed by atoms with Gasteiger partial charge in [-0.25, -0.2) is 4.39 Å². The lowest BCUT2D eigenvalue weighted by atomic mass is 9.88. The zero-order valence-corrected chi connectivity index (χ0v) is 19.6. The zero-order valence-electron chi connectivity index (χ0n) is 19.6. The largest absolute Gasteiger partial charge is 0.573 e. The highest BCUT2D eigenvalue weighted by Gasteiger charge is 2.33. The molecule has 1 amide bonds. The predicted molar refractivity (Wildman–Crippen MR) is 126 cm³/mol. The minimum Gasteiger partial charge on any atom is -0.404 e. The molecule has 1 aliphatic rings. The van der Waals surface area contributed by atoms with E-state index < -0.39 is 6.36 Å². The average molecular weight is 492 g/mol. The number of aromatic nitrogens is 1. The molecule has 2 aromatic carbocycles. The molecule has 0 spiro atoms. The van der Waals surface area contributed by atoms with E-state index in [-0.39, 0.29) is 28.9 Å². The molecular formula is C26H29F4N3O2. The third kappa shape index (κ3) is 5.45. The molecule has 4 rings (SSSR count). The van der Waals surface area contributed by atoms with E-state index in [2.05, 4.69) is 4.74 Å². The molecule has 2 N–H and O–H groups in total. The van der Waals surface area contributed by atoms with Gasteiger partial charge in [0.15, 0.2) is 5.75 Å². The van der Waals surface area contributed by atoms with Gasteiger partial charge in [0.25, 0.3) is 5.91 Å². The molecule has 0 aliphatic carbocycles. The molecule has 1 saturated heterocycles. The van der Waals surface area contributed by atoms with E-state index in [9.17, 15) is 22.4 Å². The standard InChI is InChI=1S/C26H29F4N3O2/c1-2-3-11-33-16-21(19-5-4-6-23(24(19)33)35-26(28,29)30)25(34)32-12-9-18(10-13-32)20-14-17(15-31)7-8-22(20)27/h4-8,14,16,18H,2-3,9-13,15,31H2,1H3. The molecule has 9 heteroatoms. The normalized spacial score (nSPS) is 15.1. The third-order valence-corrected chi connectivity index (χ3v) is 6.59. The Morgan fingerprint density at radius 3 is 2.57 bits per heavy atom. The minimum absolute atomic E-state index is 0.0248. The van der Waals surface area contributed by atoms with Crippen LogP contribution >= 0.6 is 0 Å². The summed E-state index contributed by atoms with van der Waals surface area (Å²) in [5.41, 5.74) is 7.78. The third-order valence-electron chi connectivity index (χ3n) is 6.59.